The molecule has 1 saturated heterocycles. The zero-order valence-corrected chi connectivity index (χ0v) is 16.1. The maximum absolute atomic E-state index is 9.63. The van der Waals surface area contributed by atoms with Gasteiger partial charge in [0, 0.05) is 26.2 Å². The predicted octanol–water partition coefficient (Wildman–Crippen LogP) is 0.520. The summed E-state index contributed by atoms with van der Waals surface area (Å²) in [5.41, 5.74) is 11.0. The van der Waals surface area contributed by atoms with Crippen molar-refractivity contribution in [2.24, 2.45) is 21.5 Å². The second kappa shape index (κ2) is 19.9. The van der Waals surface area contributed by atoms with Crippen LogP contribution in [0.2, 0.25) is 0 Å². The van der Waals surface area contributed by atoms with E-state index in [1.54, 1.807) is 0 Å². The Morgan fingerprint density at radius 3 is 1.35 bits per heavy atom. The highest BCUT2D eigenvalue weighted by molar-refractivity contribution is 5.32. The number of nitrogens with two attached hydrogens (primary N) is 2. The number of hydrogen-bond acceptors (Lipinski definition) is 8. The third-order valence-electron chi connectivity index (χ3n) is 4.24. The molecule has 0 unspecified atom stereocenters. The van der Waals surface area contributed by atoms with E-state index < -0.39 is 0 Å². The molecule has 150 valence electrons. The Labute approximate surface area is 157 Å². The first-order valence-corrected chi connectivity index (χ1v) is 9.70. The molecule has 0 aromatic heterocycles. The van der Waals surface area contributed by atoms with E-state index in [0.29, 0.717) is 13.1 Å². The van der Waals surface area contributed by atoms with Gasteiger partial charge in [0.2, 0.25) is 12.2 Å². The van der Waals surface area contributed by atoms with E-state index in [9.17, 15) is 9.59 Å². The Kier molecular flexibility index (Phi) is 18.8. The van der Waals surface area contributed by atoms with Gasteiger partial charge in [0.05, 0.1) is 13.1 Å². The summed E-state index contributed by atoms with van der Waals surface area (Å²) in [4.78, 5) is 31.1. The predicted molar refractivity (Wildman–Crippen MR) is 105 cm³/mol. The molecule has 8 nitrogen and oxygen atoms in total. The van der Waals surface area contributed by atoms with Crippen molar-refractivity contribution in [1.82, 2.24) is 9.80 Å². The molecule has 0 amide bonds. The molecule has 0 radical (unpaired) electrons. The number of aliphatic imine (C=N–C) groups is 2. The summed E-state index contributed by atoms with van der Waals surface area (Å²) in [7, 11) is 0. The van der Waals surface area contributed by atoms with Gasteiger partial charge in [0.25, 0.3) is 0 Å². The lowest BCUT2D eigenvalue weighted by Crippen LogP contribution is -2.47. The molecule has 0 aliphatic carbocycles. The molecule has 0 aromatic carbocycles. The van der Waals surface area contributed by atoms with Gasteiger partial charge in [-0.05, 0) is 51.9 Å². The molecule has 0 bridgehead atoms. The molecule has 0 spiro atoms. The standard InChI is InChI=1S/C10H24N4.C8H12N2O2/c11-3-1-5-13-7-9-14(10-8-13)6-2-4-12;11-7-9-5-3-1-2-4-6-10-8-12/h1-12H2;1-6H2. The smallest absolute Gasteiger partial charge is 0.234 e. The molecule has 1 rings (SSSR count). The van der Waals surface area contributed by atoms with Crippen LogP contribution in [0, 0.1) is 0 Å². The van der Waals surface area contributed by atoms with E-state index >= 15 is 0 Å². The average Bonchev–Trinajstić information content (AvgIpc) is 2.68. The molecule has 0 atom stereocenters. The molecular weight excluding hydrogens is 332 g/mol. The highest BCUT2D eigenvalue weighted by Gasteiger charge is 2.15. The molecule has 8 heteroatoms. The van der Waals surface area contributed by atoms with Crippen LogP contribution >= 0.6 is 0 Å². The van der Waals surface area contributed by atoms with Crippen LogP contribution in [0.4, 0.5) is 0 Å². The molecular formula is C18H36N6O2. The molecule has 1 aliphatic heterocycles. The SMILES string of the molecule is NCCCN1CCN(CCCN)CC1.O=C=NCCCCCCN=C=O. The summed E-state index contributed by atoms with van der Waals surface area (Å²) >= 11 is 0. The second-order valence-corrected chi connectivity index (χ2v) is 6.33. The van der Waals surface area contributed by atoms with E-state index in [0.717, 1.165) is 51.6 Å². The fourth-order valence-corrected chi connectivity index (χ4v) is 2.69. The molecule has 26 heavy (non-hydrogen) atoms. The summed E-state index contributed by atoms with van der Waals surface area (Å²) in [6, 6.07) is 0. The van der Waals surface area contributed by atoms with Gasteiger partial charge in [0.15, 0.2) is 0 Å². The van der Waals surface area contributed by atoms with Crippen molar-refractivity contribution in [2.45, 2.75) is 38.5 Å². The van der Waals surface area contributed by atoms with Crippen molar-refractivity contribution in [3.05, 3.63) is 0 Å². The lowest BCUT2D eigenvalue weighted by molar-refractivity contribution is 0.131. The Morgan fingerprint density at radius 1 is 0.654 bits per heavy atom. The Balaban J connectivity index is 0.000000488. The number of hydrogen-bond donors (Lipinski definition) is 2. The largest absolute Gasteiger partial charge is 0.330 e. The first-order chi connectivity index (χ1) is 12.8. The Bertz CT molecular complexity index is 362. The maximum atomic E-state index is 9.63. The van der Waals surface area contributed by atoms with Gasteiger partial charge >= 0.3 is 0 Å². The van der Waals surface area contributed by atoms with Gasteiger partial charge in [-0.1, -0.05) is 12.8 Å². The molecule has 1 heterocycles. The molecule has 1 aliphatic rings. The van der Waals surface area contributed by atoms with Crippen LogP contribution in [0.3, 0.4) is 0 Å². The van der Waals surface area contributed by atoms with Crippen molar-refractivity contribution >= 4 is 12.2 Å². The minimum atomic E-state index is 0.556. The van der Waals surface area contributed by atoms with Crippen molar-refractivity contribution in [3.8, 4) is 0 Å². The van der Waals surface area contributed by atoms with E-state index in [4.69, 9.17) is 11.5 Å². The normalized spacial score (nSPS) is 14.7. The molecule has 1 fully saturated rings. The number of rotatable bonds is 13. The van der Waals surface area contributed by atoms with Gasteiger partial charge < -0.3 is 21.3 Å². The minimum Gasteiger partial charge on any atom is -0.330 e. The summed E-state index contributed by atoms with van der Waals surface area (Å²) < 4.78 is 0. The highest BCUT2D eigenvalue weighted by Crippen LogP contribution is 2.02. The van der Waals surface area contributed by atoms with Crippen molar-refractivity contribution in [2.75, 3.05) is 65.4 Å². The van der Waals surface area contributed by atoms with Gasteiger partial charge in [0.1, 0.15) is 0 Å². The fourth-order valence-electron chi connectivity index (χ4n) is 2.69. The van der Waals surface area contributed by atoms with Crippen LogP contribution in [0.25, 0.3) is 0 Å². The zero-order valence-electron chi connectivity index (χ0n) is 16.1. The Hall–Kier alpha value is -1.40. The second-order valence-electron chi connectivity index (χ2n) is 6.33. The first-order valence-electron chi connectivity index (χ1n) is 9.70. The Morgan fingerprint density at radius 2 is 1.04 bits per heavy atom. The van der Waals surface area contributed by atoms with Crippen LogP contribution in [0.15, 0.2) is 9.98 Å². The number of isocyanates is 2. The minimum absolute atomic E-state index is 0.556. The number of piperazine rings is 1. The molecule has 0 aromatic rings. The van der Waals surface area contributed by atoms with Gasteiger partial charge in [-0.15, -0.1) is 0 Å². The van der Waals surface area contributed by atoms with E-state index in [1.165, 1.54) is 51.4 Å². The van der Waals surface area contributed by atoms with Crippen LogP contribution in [0.5, 0.6) is 0 Å². The van der Waals surface area contributed by atoms with Crippen LogP contribution in [-0.2, 0) is 9.59 Å². The van der Waals surface area contributed by atoms with Crippen LogP contribution < -0.4 is 11.5 Å². The van der Waals surface area contributed by atoms with Crippen molar-refractivity contribution in [3.63, 3.8) is 0 Å². The lowest BCUT2D eigenvalue weighted by Gasteiger charge is -2.34. The van der Waals surface area contributed by atoms with E-state index in [-0.39, 0.29) is 0 Å². The lowest BCUT2D eigenvalue weighted by atomic mass is 10.2. The fraction of sp³-hybridized carbons (Fsp3) is 0.889. The molecule has 0 saturated carbocycles. The van der Waals surface area contributed by atoms with Gasteiger partial charge in [-0.2, -0.15) is 0 Å². The maximum Gasteiger partial charge on any atom is 0.234 e. The summed E-state index contributed by atoms with van der Waals surface area (Å²) in [6.45, 7) is 9.87. The third-order valence-corrected chi connectivity index (χ3v) is 4.24. The summed E-state index contributed by atoms with van der Waals surface area (Å²) in [6.07, 6.45) is 9.06. The summed E-state index contributed by atoms with van der Waals surface area (Å²) in [5.74, 6) is 0. The van der Waals surface area contributed by atoms with Crippen LogP contribution in [0.1, 0.15) is 38.5 Å². The number of nitrogens with zero attached hydrogens (tertiary/aromatic N) is 4. The monoisotopic (exact) mass is 368 g/mol. The van der Waals surface area contributed by atoms with Crippen molar-refractivity contribution in [1.29, 1.82) is 0 Å². The van der Waals surface area contributed by atoms with Crippen molar-refractivity contribution < 1.29 is 9.59 Å². The average molecular weight is 369 g/mol. The first kappa shape index (κ1) is 24.6. The topological polar surface area (TPSA) is 117 Å². The highest BCUT2D eigenvalue weighted by atomic mass is 16.1. The summed E-state index contributed by atoms with van der Waals surface area (Å²) in [5, 5.41) is 0. The number of carbonyl (C=O) groups excluding carboxylic acids is 2. The van der Waals surface area contributed by atoms with Gasteiger partial charge in [-0.25, -0.2) is 19.6 Å². The van der Waals surface area contributed by atoms with E-state index in [2.05, 4.69) is 19.8 Å². The van der Waals surface area contributed by atoms with Crippen LogP contribution in [-0.4, -0.2) is 87.4 Å². The molecule has 4 N–H and O–H groups in total. The quantitative estimate of drug-likeness (QED) is 0.278. The van der Waals surface area contributed by atoms with E-state index in [1.807, 2.05) is 0 Å². The number of unbranched alkanes of at least 4 members (excludes halogenated alkanes) is 3. The van der Waals surface area contributed by atoms with Gasteiger partial charge in [-0.3, -0.25) is 0 Å². The third kappa shape index (κ3) is 16.1. The zero-order chi connectivity index (χ0) is 19.3.